The number of furan rings is 1. The number of rotatable bonds is 9. The summed E-state index contributed by atoms with van der Waals surface area (Å²) in [7, 11) is -3.70. The van der Waals surface area contributed by atoms with Crippen molar-refractivity contribution in [1.82, 2.24) is 4.90 Å². The van der Waals surface area contributed by atoms with Crippen LogP contribution in [0.3, 0.4) is 0 Å². The minimum atomic E-state index is -3.70. The Hall–Kier alpha value is -2.48. The molecule has 7 nitrogen and oxygen atoms in total. The summed E-state index contributed by atoms with van der Waals surface area (Å²) in [6.07, 6.45) is 2.55. The average molecular weight is 394 g/mol. The molecule has 27 heavy (non-hydrogen) atoms. The number of amides is 1. The number of carbonyl (C=O) groups excluding carboxylic acids is 1. The van der Waals surface area contributed by atoms with Crippen LogP contribution in [0.4, 0.5) is 5.69 Å². The van der Waals surface area contributed by atoms with E-state index in [-0.39, 0.29) is 18.2 Å². The van der Waals surface area contributed by atoms with Gasteiger partial charge in [-0.3, -0.25) is 4.79 Å². The largest absolute Gasteiger partial charge is 0.467 e. The van der Waals surface area contributed by atoms with Gasteiger partial charge in [0.2, 0.25) is 5.91 Å². The van der Waals surface area contributed by atoms with Gasteiger partial charge in [0.15, 0.2) is 0 Å². The molecular formula is C19H26N2O5S. The van der Waals surface area contributed by atoms with Gasteiger partial charge in [-0.15, -0.1) is 0 Å². The topological polar surface area (TPSA) is 80.1 Å². The van der Waals surface area contributed by atoms with Gasteiger partial charge in [0.25, 0.3) is 0 Å². The third-order valence-corrected chi connectivity index (χ3v) is 4.64. The molecule has 0 aliphatic rings. The summed E-state index contributed by atoms with van der Waals surface area (Å²) in [4.78, 5) is 15.7. The van der Waals surface area contributed by atoms with Gasteiger partial charge in [-0.2, -0.15) is 8.42 Å². The first-order valence-electron chi connectivity index (χ1n) is 8.78. The third-order valence-electron chi connectivity index (χ3n) is 4.15. The second-order valence-electron chi connectivity index (χ2n) is 6.21. The first-order valence-corrected chi connectivity index (χ1v) is 10.6. The van der Waals surface area contributed by atoms with E-state index in [1.165, 1.54) is 6.92 Å². The fourth-order valence-corrected chi connectivity index (χ4v) is 3.26. The van der Waals surface area contributed by atoms with E-state index in [0.717, 1.165) is 25.0 Å². The Morgan fingerprint density at radius 1 is 1.15 bits per heavy atom. The second kappa shape index (κ2) is 8.94. The molecule has 0 aliphatic carbocycles. The number of hydrogen-bond donors (Lipinski definition) is 0. The zero-order valence-corrected chi connectivity index (χ0v) is 17.0. The van der Waals surface area contributed by atoms with Crippen LogP contribution in [0, 0.1) is 0 Å². The summed E-state index contributed by atoms with van der Waals surface area (Å²) in [5.74, 6) is 0.729. The van der Waals surface area contributed by atoms with E-state index in [0.29, 0.717) is 17.9 Å². The molecule has 148 valence electrons. The number of hydrogen-bond acceptors (Lipinski definition) is 6. The zero-order chi connectivity index (χ0) is 20.0. The van der Waals surface area contributed by atoms with Crippen LogP contribution in [0.25, 0.3) is 0 Å². The number of benzene rings is 1. The van der Waals surface area contributed by atoms with E-state index in [2.05, 4.69) is 4.90 Å². The van der Waals surface area contributed by atoms with Crippen molar-refractivity contribution in [2.45, 2.75) is 33.9 Å². The molecule has 0 bridgehead atoms. The van der Waals surface area contributed by atoms with Crippen molar-refractivity contribution in [3.8, 4) is 5.75 Å². The molecule has 2 aromatic rings. The van der Waals surface area contributed by atoms with Crippen LogP contribution < -0.4 is 9.08 Å². The van der Waals surface area contributed by atoms with E-state index in [4.69, 9.17) is 8.60 Å². The normalized spacial score (nSPS) is 11.3. The lowest BCUT2D eigenvalue weighted by atomic mass is 10.1. The van der Waals surface area contributed by atoms with E-state index < -0.39 is 10.1 Å². The Bertz CT molecular complexity index is 858. The van der Waals surface area contributed by atoms with Crippen LogP contribution in [0.5, 0.6) is 5.75 Å². The lowest BCUT2D eigenvalue weighted by molar-refractivity contribution is -0.130. The molecule has 2 rings (SSSR count). The molecule has 1 aromatic carbocycles. The smallest absolute Gasteiger partial charge is 0.306 e. The molecule has 0 saturated heterocycles. The maximum absolute atomic E-state index is 12.1. The highest BCUT2D eigenvalue weighted by atomic mass is 32.2. The highest BCUT2D eigenvalue weighted by Crippen LogP contribution is 2.28. The molecule has 0 spiro atoms. The molecule has 0 atom stereocenters. The summed E-state index contributed by atoms with van der Waals surface area (Å²) in [6, 6.07) is 8.95. The summed E-state index contributed by atoms with van der Waals surface area (Å²) in [6.45, 7) is 7.57. The number of anilines is 1. The monoisotopic (exact) mass is 394 g/mol. The van der Waals surface area contributed by atoms with Crippen molar-refractivity contribution in [2.24, 2.45) is 0 Å². The van der Waals surface area contributed by atoms with Crippen LogP contribution in [-0.2, 0) is 28.0 Å². The highest BCUT2D eigenvalue weighted by molar-refractivity contribution is 7.86. The maximum atomic E-state index is 12.1. The first kappa shape index (κ1) is 20.8. The standard InChI is InChI=1S/C19H26N2O5S/c1-5-20(6-2)17-10-9-16(19(12-17)26-27(4,23)24)13-21(15(3)22)14-18-8-7-11-25-18/h7-12H,5-6,13-14H2,1-4H3. The summed E-state index contributed by atoms with van der Waals surface area (Å²) < 4.78 is 34.0. The quantitative estimate of drug-likeness (QED) is 0.608. The maximum Gasteiger partial charge on any atom is 0.306 e. The lowest BCUT2D eigenvalue weighted by Crippen LogP contribution is -2.28. The molecule has 0 saturated carbocycles. The minimum absolute atomic E-state index is 0.149. The third kappa shape index (κ3) is 6.02. The van der Waals surface area contributed by atoms with E-state index in [9.17, 15) is 13.2 Å². The van der Waals surface area contributed by atoms with Crippen molar-refractivity contribution >= 4 is 21.7 Å². The molecule has 1 amide bonds. The van der Waals surface area contributed by atoms with Crippen LogP contribution in [-0.4, -0.2) is 38.6 Å². The Labute approximate surface area is 160 Å². The van der Waals surface area contributed by atoms with Crippen LogP contribution in [0.15, 0.2) is 41.0 Å². The molecule has 0 unspecified atom stereocenters. The van der Waals surface area contributed by atoms with E-state index in [1.54, 1.807) is 35.4 Å². The Kier molecular flexibility index (Phi) is 6.90. The van der Waals surface area contributed by atoms with Gasteiger partial charge in [0, 0.05) is 43.9 Å². The fourth-order valence-electron chi connectivity index (χ4n) is 2.77. The van der Waals surface area contributed by atoms with E-state index >= 15 is 0 Å². The lowest BCUT2D eigenvalue weighted by Gasteiger charge is -2.24. The predicted octanol–water partition coefficient (Wildman–Crippen LogP) is 3.01. The van der Waals surface area contributed by atoms with Crippen LogP contribution >= 0.6 is 0 Å². The van der Waals surface area contributed by atoms with Gasteiger partial charge >= 0.3 is 10.1 Å². The van der Waals surface area contributed by atoms with Gasteiger partial charge in [-0.25, -0.2) is 0 Å². The van der Waals surface area contributed by atoms with Crippen molar-refractivity contribution in [3.63, 3.8) is 0 Å². The van der Waals surface area contributed by atoms with Gasteiger partial charge in [0.05, 0.1) is 19.1 Å². The van der Waals surface area contributed by atoms with Crippen LogP contribution in [0.1, 0.15) is 32.1 Å². The molecule has 0 N–H and O–H groups in total. The van der Waals surface area contributed by atoms with Crippen molar-refractivity contribution in [3.05, 3.63) is 47.9 Å². The SMILES string of the molecule is CCN(CC)c1ccc(CN(Cc2ccco2)C(C)=O)c(OS(C)(=O)=O)c1. The van der Waals surface area contributed by atoms with Crippen molar-refractivity contribution in [2.75, 3.05) is 24.2 Å². The Morgan fingerprint density at radius 3 is 2.37 bits per heavy atom. The minimum Gasteiger partial charge on any atom is -0.467 e. The van der Waals surface area contributed by atoms with Crippen molar-refractivity contribution < 1.29 is 21.8 Å². The Morgan fingerprint density at radius 2 is 1.85 bits per heavy atom. The van der Waals surface area contributed by atoms with E-state index in [1.807, 2.05) is 19.9 Å². The van der Waals surface area contributed by atoms with Gasteiger partial charge in [-0.05, 0) is 32.0 Å². The van der Waals surface area contributed by atoms with Gasteiger partial charge < -0.3 is 18.4 Å². The summed E-state index contributed by atoms with van der Waals surface area (Å²) in [5.41, 5.74) is 1.47. The predicted molar refractivity (Wildman–Crippen MR) is 104 cm³/mol. The average Bonchev–Trinajstić information content (AvgIpc) is 3.09. The van der Waals surface area contributed by atoms with Crippen LogP contribution in [0.2, 0.25) is 0 Å². The molecule has 0 fully saturated rings. The number of carbonyl (C=O) groups is 1. The van der Waals surface area contributed by atoms with Gasteiger partial charge in [0.1, 0.15) is 11.5 Å². The fraction of sp³-hybridized carbons (Fsp3) is 0.421. The van der Waals surface area contributed by atoms with Crippen molar-refractivity contribution in [1.29, 1.82) is 0 Å². The molecule has 0 aliphatic heterocycles. The molecule has 1 heterocycles. The first-order chi connectivity index (χ1) is 12.7. The highest BCUT2D eigenvalue weighted by Gasteiger charge is 2.18. The second-order valence-corrected chi connectivity index (χ2v) is 7.78. The zero-order valence-electron chi connectivity index (χ0n) is 16.1. The molecular weight excluding hydrogens is 368 g/mol. The molecule has 8 heteroatoms. The number of nitrogens with zero attached hydrogens (tertiary/aromatic N) is 2. The van der Waals surface area contributed by atoms with Gasteiger partial charge in [-0.1, -0.05) is 6.07 Å². The summed E-state index contributed by atoms with van der Waals surface area (Å²) >= 11 is 0. The molecule has 1 aromatic heterocycles. The summed E-state index contributed by atoms with van der Waals surface area (Å²) in [5, 5.41) is 0. The Balaban J connectivity index is 2.36. The molecule has 0 radical (unpaired) electrons.